The first-order valence-corrected chi connectivity index (χ1v) is 3.32. The Morgan fingerprint density at radius 2 is 1.69 bits per heavy atom. The van der Waals surface area contributed by atoms with Crippen LogP contribution in [0, 0.1) is 0 Å². The highest BCUT2D eigenvalue weighted by atomic mass is 35.5. The van der Waals surface area contributed by atoms with Crippen LogP contribution in [-0.2, 0) is 4.79 Å². The minimum absolute atomic E-state index is 0. The molecule has 0 aliphatic carbocycles. The third-order valence-electron chi connectivity index (χ3n) is 1.86. The molecule has 0 bridgehead atoms. The molecule has 0 saturated heterocycles. The fraction of sp³-hybridized carbons (Fsp3) is 0.833. The molecule has 80 valence electrons. The molecule has 0 rings (SSSR count). The molecule has 7 heteroatoms. The maximum Gasteiger partial charge on any atom is 0.329 e. The molecule has 0 saturated carbocycles. The first-order valence-electron chi connectivity index (χ1n) is 3.32. The normalized spacial score (nSPS) is 11.2. The predicted molar refractivity (Wildman–Crippen MR) is 46.6 cm³/mol. The van der Waals surface area contributed by atoms with E-state index in [1.807, 2.05) is 0 Å². The highest BCUT2D eigenvalue weighted by Gasteiger charge is 2.41. The minimum atomic E-state index is -1.80. The molecule has 0 amide bonds. The van der Waals surface area contributed by atoms with Crippen molar-refractivity contribution in [3.8, 4) is 0 Å². The molecule has 0 aromatic rings. The molecule has 0 aliphatic rings. The van der Waals surface area contributed by atoms with E-state index in [-0.39, 0.29) is 12.4 Å². The summed E-state index contributed by atoms with van der Waals surface area (Å²) in [6, 6.07) is 0. The maximum absolute atomic E-state index is 10.6. The number of nitrogens with zero attached hydrogens (tertiary/aromatic N) is 1. The lowest BCUT2D eigenvalue weighted by molar-refractivity contribution is -0.160. The van der Waals surface area contributed by atoms with Crippen LogP contribution in [-0.4, -0.2) is 63.8 Å². The zero-order valence-electron chi connectivity index (χ0n) is 7.17. The van der Waals surface area contributed by atoms with Crippen molar-refractivity contribution in [2.75, 3.05) is 27.0 Å². The number of aliphatic hydroxyl groups excluding tert-OH is 3. The van der Waals surface area contributed by atoms with Gasteiger partial charge in [0.15, 0.2) is 5.54 Å². The SMILES string of the molecule is CN(CO)C(CO)(CO)C(=O)O.Cl. The van der Waals surface area contributed by atoms with Crippen LogP contribution >= 0.6 is 12.4 Å². The third-order valence-corrected chi connectivity index (χ3v) is 1.86. The summed E-state index contributed by atoms with van der Waals surface area (Å²) in [6.07, 6.45) is 0. The van der Waals surface area contributed by atoms with Gasteiger partial charge in [-0.05, 0) is 7.05 Å². The number of rotatable bonds is 5. The Hall–Kier alpha value is -0.400. The number of carboxylic acid groups (broad SMARTS) is 1. The zero-order valence-corrected chi connectivity index (χ0v) is 7.99. The van der Waals surface area contributed by atoms with Gasteiger partial charge in [-0.25, -0.2) is 0 Å². The summed E-state index contributed by atoms with van der Waals surface area (Å²) in [5.74, 6) is -1.37. The highest BCUT2D eigenvalue weighted by molar-refractivity contribution is 5.85. The molecule has 0 radical (unpaired) electrons. The van der Waals surface area contributed by atoms with Crippen LogP contribution in [0.4, 0.5) is 0 Å². The van der Waals surface area contributed by atoms with E-state index in [4.69, 9.17) is 20.4 Å². The van der Waals surface area contributed by atoms with E-state index in [0.29, 0.717) is 0 Å². The number of hydrogen-bond donors (Lipinski definition) is 4. The average molecular weight is 216 g/mol. The van der Waals surface area contributed by atoms with E-state index < -0.39 is 31.5 Å². The van der Waals surface area contributed by atoms with Gasteiger partial charge in [0.25, 0.3) is 0 Å². The number of likely N-dealkylation sites (N-methyl/N-ethyl adjacent to an activating group) is 1. The Morgan fingerprint density at radius 1 is 1.31 bits per heavy atom. The summed E-state index contributed by atoms with van der Waals surface area (Å²) in [6.45, 7) is -2.06. The quantitative estimate of drug-likeness (QED) is 0.400. The molecule has 0 fully saturated rings. The first-order chi connectivity index (χ1) is 5.55. The standard InChI is InChI=1S/C6H13NO5.ClH/c1-7(4-10)6(2-8,3-9)5(11)12;/h8-10H,2-4H2,1H3,(H,11,12);1H. The molecule has 0 heterocycles. The lowest BCUT2D eigenvalue weighted by Gasteiger charge is -2.33. The minimum Gasteiger partial charge on any atom is -0.480 e. The molecule has 13 heavy (non-hydrogen) atoms. The Bertz CT molecular complexity index is 161. The van der Waals surface area contributed by atoms with Gasteiger partial charge in [0.1, 0.15) is 0 Å². The summed E-state index contributed by atoms with van der Waals surface area (Å²) >= 11 is 0. The van der Waals surface area contributed by atoms with Gasteiger partial charge in [-0.1, -0.05) is 0 Å². The molecule has 0 aliphatic heterocycles. The smallest absolute Gasteiger partial charge is 0.329 e. The van der Waals surface area contributed by atoms with E-state index in [9.17, 15) is 4.79 Å². The molecule has 4 N–H and O–H groups in total. The number of carbonyl (C=O) groups is 1. The molecule has 0 aromatic carbocycles. The largest absolute Gasteiger partial charge is 0.480 e. The van der Waals surface area contributed by atoms with Crippen molar-refractivity contribution in [1.82, 2.24) is 4.90 Å². The Morgan fingerprint density at radius 3 is 1.77 bits per heavy atom. The van der Waals surface area contributed by atoms with Crippen molar-refractivity contribution in [1.29, 1.82) is 0 Å². The summed E-state index contributed by atoms with van der Waals surface area (Å²) in [7, 11) is 1.29. The van der Waals surface area contributed by atoms with Crippen molar-refractivity contribution in [3.05, 3.63) is 0 Å². The fourth-order valence-electron chi connectivity index (χ4n) is 0.725. The van der Waals surface area contributed by atoms with E-state index >= 15 is 0 Å². The zero-order chi connectivity index (χ0) is 9.78. The summed E-state index contributed by atoms with van der Waals surface area (Å²) in [5, 5.41) is 34.8. The first kappa shape index (κ1) is 15.1. The van der Waals surface area contributed by atoms with Crippen molar-refractivity contribution >= 4 is 18.4 Å². The van der Waals surface area contributed by atoms with Gasteiger partial charge in [0.05, 0.1) is 19.9 Å². The van der Waals surface area contributed by atoms with Crippen LogP contribution in [0.5, 0.6) is 0 Å². The summed E-state index contributed by atoms with van der Waals surface area (Å²) in [5.41, 5.74) is -1.80. The van der Waals surface area contributed by atoms with Gasteiger partial charge < -0.3 is 20.4 Å². The van der Waals surface area contributed by atoms with Crippen molar-refractivity contribution < 1.29 is 25.2 Å². The van der Waals surface area contributed by atoms with Gasteiger partial charge in [-0.2, -0.15) is 0 Å². The van der Waals surface area contributed by atoms with Crippen molar-refractivity contribution in [3.63, 3.8) is 0 Å². The average Bonchev–Trinajstić information content (AvgIpc) is 2.06. The molecule has 0 unspecified atom stereocenters. The second-order valence-corrected chi connectivity index (χ2v) is 2.49. The van der Waals surface area contributed by atoms with Crippen LogP contribution < -0.4 is 0 Å². The number of aliphatic hydroxyl groups is 3. The van der Waals surface area contributed by atoms with E-state index in [1.54, 1.807) is 0 Å². The molecular formula is C6H14ClNO5. The Kier molecular flexibility index (Phi) is 7.10. The number of aliphatic carboxylic acids is 1. The highest BCUT2D eigenvalue weighted by Crippen LogP contribution is 2.11. The van der Waals surface area contributed by atoms with Gasteiger partial charge in [-0.3, -0.25) is 9.69 Å². The predicted octanol–water partition coefficient (Wildman–Crippen LogP) is -1.90. The monoisotopic (exact) mass is 215 g/mol. The van der Waals surface area contributed by atoms with Crippen LogP contribution in [0.3, 0.4) is 0 Å². The second-order valence-electron chi connectivity index (χ2n) is 2.49. The summed E-state index contributed by atoms with van der Waals surface area (Å²) < 4.78 is 0. The third kappa shape index (κ3) is 2.78. The van der Waals surface area contributed by atoms with E-state index in [1.165, 1.54) is 7.05 Å². The molecule has 0 atom stereocenters. The Balaban J connectivity index is 0. The Labute approximate surface area is 81.8 Å². The maximum atomic E-state index is 10.6. The lowest BCUT2D eigenvalue weighted by atomic mass is 10.0. The van der Waals surface area contributed by atoms with Gasteiger partial charge in [0, 0.05) is 0 Å². The molecular weight excluding hydrogens is 202 g/mol. The van der Waals surface area contributed by atoms with Crippen LogP contribution in [0.15, 0.2) is 0 Å². The van der Waals surface area contributed by atoms with Gasteiger partial charge >= 0.3 is 5.97 Å². The van der Waals surface area contributed by atoms with Crippen LogP contribution in [0.2, 0.25) is 0 Å². The molecule has 0 spiro atoms. The van der Waals surface area contributed by atoms with Crippen LogP contribution in [0.1, 0.15) is 0 Å². The fourth-order valence-corrected chi connectivity index (χ4v) is 0.725. The second kappa shape index (κ2) is 6.11. The van der Waals surface area contributed by atoms with Crippen molar-refractivity contribution in [2.45, 2.75) is 5.54 Å². The molecule has 0 aromatic heterocycles. The number of hydrogen-bond acceptors (Lipinski definition) is 5. The van der Waals surface area contributed by atoms with Gasteiger partial charge in [-0.15, -0.1) is 12.4 Å². The summed E-state index contributed by atoms with van der Waals surface area (Å²) in [4.78, 5) is 11.6. The molecule has 6 nitrogen and oxygen atoms in total. The van der Waals surface area contributed by atoms with Crippen LogP contribution in [0.25, 0.3) is 0 Å². The number of halogens is 1. The van der Waals surface area contributed by atoms with E-state index in [2.05, 4.69) is 0 Å². The van der Waals surface area contributed by atoms with Gasteiger partial charge in [0.2, 0.25) is 0 Å². The number of carboxylic acids is 1. The van der Waals surface area contributed by atoms with E-state index in [0.717, 1.165) is 4.90 Å². The lowest BCUT2D eigenvalue weighted by Crippen LogP contribution is -2.58. The van der Waals surface area contributed by atoms with Crippen molar-refractivity contribution in [2.24, 2.45) is 0 Å². The topological polar surface area (TPSA) is 101 Å².